The lowest BCUT2D eigenvalue weighted by molar-refractivity contribution is -0.0364. The zero-order chi connectivity index (χ0) is 25.1. The molecule has 2 fully saturated rings. The van der Waals surface area contributed by atoms with Gasteiger partial charge in [-0.05, 0) is 0 Å². The van der Waals surface area contributed by atoms with Gasteiger partial charge in [0.15, 0.2) is 27.2 Å². The van der Waals surface area contributed by atoms with Gasteiger partial charge in [0.25, 0.3) is 5.92 Å². The zero-order valence-corrected chi connectivity index (χ0v) is 18.8. The first-order valence-electron chi connectivity index (χ1n) is 9.74. The van der Waals surface area contributed by atoms with Gasteiger partial charge < -0.3 is 29.6 Å². The highest BCUT2D eigenvalue weighted by Crippen LogP contribution is 2.39. The van der Waals surface area contributed by atoms with Gasteiger partial charge in [0.2, 0.25) is 5.82 Å². The molecular weight excluding hydrogens is 505 g/mol. The number of alkyl halides is 2. The molecule has 2 aliphatic heterocycles. The van der Waals surface area contributed by atoms with E-state index in [0.717, 1.165) is 4.68 Å². The number of aromatic nitrogens is 4. The van der Waals surface area contributed by atoms with Crippen molar-refractivity contribution in [3.63, 3.8) is 0 Å². The molecule has 2 aromatic heterocycles. The molecule has 0 saturated carbocycles. The molecule has 2 aliphatic rings. The Labute approximate surface area is 190 Å². The molecule has 0 bridgehead atoms. The van der Waals surface area contributed by atoms with Crippen molar-refractivity contribution >= 4 is 34.3 Å². The molecule has 34 heavy (non-hydrogen) atoms. The predicted octanol–water partition coefficient (Wildman–Crippen LogP) is -1.29. The number of aliphatic hydroxyl groups is 2. The highest BCUT2D eigenvalue weighted by atomic mass is 32.2. The van der Waals surface area contributed by atoms with Crippen LogP contribution in [0.1, 0.15) is 18.5 Å². The number of aliphatic hydroxyl groups excluding tert-OH is 2. The van der Waals surface area contributed by atoms with Crippen LogP contribution in [0.2, 0.25) is 0 Å². The molecule has 0 radical (unpaired) electrons. The third-order valence-electron chi connectivity index (χ3n) is 5.36. The Balaban J connectivity index is 1.67. The maximum Gasteiger partial charge on any atom is 0.340 e. The smallest absolute Gasteiger partial charge is 0.340 e. The number of anilines is 1. The number of ether oxygens (including phenoxy) is 1. The molecule has 2 saturated heterocycles. The first-order valence-corrected chi connectivity index (χ1v) is 13.4. The number of halogens is 2. The molecule has 0 amide bonds. The molecule has 4 atom stereocenters. The summed E-state index contributed by atoms with van der Waals surface area (Å²) in [5, 5.41) is 34.2. The lowest BCUT2D eigenvalue weighted by atomic mass is 10.1. The van der Waals surface area contributed by atoms with E-state index < -0.39 is 72.1 Å². The highest BCUT2D eigenvalue weighted by molar-refractivity contribution is 7.97. The zero-order valence-electron chi connectivity index (χ0n) is 17.1. The molecule has 0 spiro atoms. The quantitative estimate of drug-likeness (QED) is 0.324. The van der Waals surface area contributed by atoms with Crippen LogP contribution in [-0.4, -0.2) is 96.7 Å². The Hall–Kier alpha value is -2.32. The van der Waals surface area contributed by atoms with Crippen LogP contribution in [0.5, 0.6) is 0 Å². The van der Waals surface area contributed by atoms with Gasteiger partial charge in [0, 0.05) is 13.0 Å². The molecule has 186 valence electrons. The summed E-state index contributed by atoms with van der Waals surface area (Å²) in [5.74, 6) is -4.33. The van der Waals surface area contributed by atoms with E-state index in [4.69, 9.17) is 14.5 Å². The third kappa shape index (κ3) is 4.89. The monoisotopic (exact) mass is 524 g/mol. The summed E-state index contributed by atoms with van der Waals surface area (Å²) in [7, 11) is -9.31. The van der Waals surface area contributed by atoms with Crippen molar-refractivity contribution in [2.75, 3.05) is 29.2 Å². The average Bonchev–Trinajstić information content (AvgIpc) is 3.36. The van der Waals surface area contributed by atoms with E-state index in [9.17, 15) is 37.2 Å². The summed E-state index contributed by atoms with van der Waals surface area (Å²) >= 11 is 0. The Morgan fingerprint density at radius 3 is 2.59 bits per heavy atom. The summed E-state index contributed by atoms with van der Waals surface area (Å²) in [4.78, 5) is 27.1. The summed E-state index contributed by atoms with van der Waals surface area (Å²) in [6.07, 6.45) is -5.80. The standard InChI is InChI=1S/C16H19F2N6O8PS/c17-16(18)1-2-23(6-16)13-8-4-20-24(14(8)22-10(3-19)21-13)15-12(26)11(25)9(32-15)5-34(30,31)7-33(27,28)29/h4,9,11-12,15,25-26H,1-2,5-7H2,(H2,27,28,29)/t9-,11-,12-,15-/m1/s1. The van der Waals surface area contributed by atoms with E-state index in [-0.39, 0.29) is 29.2 Å². The summed E-state index contributed by atoms with van der Waals surface area (Å²) in [6, 6.07) is 1.71. The van der Waals surface area contributed by atoms with Gasteiger partial charge in [-0.2, -0.15) is 15.3 Å². The van der Waals surface area contributed by atoms with Gasteiger partial charge in [-0.25, -0.2) is 26.9 Å². The van der Waals surface area contributed by atoms with Crippen molar-refractivity contribution in [1.29, 1.82) is 5.26 Å². The summed E-state index contributed by atoms with van der Waals surface area (Å²) < 4.78 is 69.1. The summed E-state index contributed by atoms with van der Waals surface area (Å²) in [6.45, 7) is -0.689. The number of sulfone groups is 1. The first-order chi connectivity index (χ1) is 15.7. The van der Waals surface area contributed by atoms with E-state index in [0.29, 0.717) is 0 Å². The Kier molecular flexibility index (Phi) is 6.13. The molecule has 0 aromatic carbocycles. The van der Waals surface area contributed by atoms with Crippen molar-refractivity contribution in [3.8, 4) is 6.07 Å². The summed E-state index contributed by atoms with van der Waals surface area (Å²) in [5.41, 5.74) is -1.56. The minimum absolute atomic E-state index is 0.0128. The number of rotatable bonds is 6. The Morgan fingerprint density at radius 1 is 1.29 bits per heavy atom. The molecular formula is C16H19F2N6O8PS. The van der Waals surface area contributed by atoms with Crippen molar-refractivity contribution in [2.45, 2.75) is 36.9 Å². The molecule has 4 heterocycles. The SMILES string of the molecule is N#Cc1nc(N2CCC(F)(F)C2)c2cnn([C@@H]3O[C@H](CS(=O)(=O)CP(=O)(O)O)[C@@H](O)[C@H]3O)c2n1. The molecule has 0 aliphatic carbocycles. The van der Waals surface area contributed by atoms with Gasteiger partial charge in [-0.3, -0.25) is 4.57 Å². The molecule has 4 rings (SSSR count). The van der Waals surface area contributed by atoms with Crippen molar-refractivity contribution in [2.24, 2.45) is 0 Å². The second-order valence-corrected chi connectivity index (χ2v) is 12.3. The molecule has 0 unspecified atom stereocenters. The first kappa shape index (κ1) is 24.8. The lowest BCUT2D eigenvalue weighted by Gasteiger charge is -2.19. The maximum atomic E-state index is 13.7. The van der Waals surface area contributed by atoms with Crippen LogP contribution in [0.15, 0.2) is 6.20 Å². The molecule has 2 aromatic rings. The maximum absolute atomic E-state index is 13.7. The second kappa shape index (κ2) is 8.41. The van der Waals surface area contributed by atoms with Gasteiger partial charge in [-0.15, -0.1) is 0 Å². The van der Waals surface area contributed by atoms with Gasteiger partial charge in [-0.1, -0.05) is 0 Å². The van der Waals surface area contributed by atoms with Gasteiger partial charge in [0.1, 0.15) is 30.2 Å². The minimum Gasteiger partial charge on any atom is -0.387 e. The topological polar surface area (TPSA) is 212 Å². The van der Waals surface area contributed by atoms with Gasteiger partial charge >= 0.3 is 7.60 Å². The van der Waals surface area contributed by atoms with Crippen molar-refractivity contribution in [3.05, 3.63) is 12.0 Å². The molecule has 14 nitrogen and oxygen atoms in total. The van der Waals surface area contributed by atoms with Crippen LogP contribution < -0.4 is 4.90 Å². The Morgan fingerprint density at radius 2 is 2.00 bits per heavy atom. The van der Waals surface area contributed by atoms with E-state index in [1.165, 1.54) is 11.1 Å². The number of nitrogens with zero attached hydrogens (tertiary/aromatic N) is 6. The van der Waals surface area contributed by atoms with E-state index >= 15 is 0 Å². The average molecular weight is 524 g/mol. The second-order valence-electron chi connectivity index (χ2n) is 8.09. The third-order valence-corrected chi connectivity index (χ3v) is 9.12. The number of hydrogen-bond donors (Lipinski definition) is 4. The normalized spacial score (nSPS) is 27.4. The minimum atomic E-state index is -4.92. The van der Waals surface area contributed by atoms with Crippen LogP contribution >= 0.6 is 7.60 Å². The van der Waals surface area contributed by atoms with Crippen molar-refractivity contribution < 1.29 is 46.5 Å². The number of nitriles is 1. The molecule has 18 heteroatoms. The van der Waals surface area contributed by atoms with Crippen LogP contribution in [0.25, 0.3) is 11.0 Å². The molecule has 4 N–H and O–H groups in total. The van der Waals surface area contributed by atoms with Crippen LogP contribution in [0.3, 0.4) is 0 Å². The highest BCUT2D eigenvalue weighted by Gasteiger charge is 2.47. The number of fused-ring (bicyclic) bond motifs is 1. The van der Waals surface area contributed by atoms with Crippen molar-refractivity contribution in [1.82, 2.24) is 19.7 Å². The fourth-order valence-corrected chi connectivity index (χ4v) is 7.18. The van der Waals surface area contributed by atoms with Crippen LogP contribution in [-0.2, 0) is 19.1 Å². The van der Waals surface area contributed by atoms with Crippen LogP contribution in [0.4, 0.5) is 14.6 Å². The van der Waals surface area contributed by atoms with E-state index in [1.807, 2.05) is 0 Å². The van der Waals surface area contributed by atoms with E-state index in [2.05, 4.69) is 15.1 Å². The van der Waals surface area contributed by atoms with Crippen LogP contribution in [0, 0.1) is 11.3 Å². The largest absolute Gasteiger partial charge is 0.387 e. The van der Waals surface area contributed by atoms with E-state index in [1.54, 1.807) is 6.07 Å². The number of hydrogen-bond acceptors (Lipinski definition) is 11. The lowest BCUT2D eigenvalue weighted by Crippen LogP contribution is -2.36. The fourth-order valence-electron chi connectivity index (χ4n) is 3.93. The van der Waals surface area contributed by atoms with Gasteiger partial charge in [0.05, 0.1) is 23.9 Å². The Bertz CT molecular complexity index is 1310. The predicted molar refractivity (Wildman–Crippen MR) is 108 cm³/mol. The fraction of sp³-hybridized carbons (Fsp3) is 0.625.